The van der Waals surface area contributed by atoms with Gasteiger partial charge in [-0.2, -0.15) is 0 Å². The molecule has 0 saturated heterocycles. The number of benzene rings is 1. The Bertz CT molecular complexity index is 824. The number of ether oxygens (including phenoxy) is 1. The SMILES string of the molecule is CCCCCCCCCCc1cnc([C@H]2CC[C@H](COc3ccc(CCCCCCCC)cc3)CC2)nc1. The summed E-state index contributed by atoms with van der Waals surface area (Å²) in [6.07, 6.45) is 30.4. The standard InChI is InChI=1S/C35H56N2O/c1-3-5-7-9-11-12-14-16-18-32-27-36-35(37-28-32)33-23-19-31(20-24-33)29-38-34-25-21-30(22-26-34)17-15-13-10-8-6-4-2/h21-22,25-28,31,33H,3-20,23-24,29H2,1-2H3/t31-,33-. The van der Waals surface area contributed by atoms with Crippen LogP contribution in [0, 0.1) is 5.92 Å². The van der Waals surface area contributed by atoms with E-state index in [9.17, 15) is 0 Å². The molecule has 2 aromatic rings. The first-order chi connectivity index (χ1) is 18.8. The van der Waals surface area contributed by atoms with Gasteiger partial charge in [-0.05, 0) is 80.5 Å². The van der Waals surface area contributed by atoms with Gasteiger partial charge in [0.05, 0.1) is 6.61 Å². The molecule has 0 amide bonds. The van der Waals surface area contributed by atoms with Crippen molar-refractivity contribution < 1.29 is 4.74 Å². The lowest BCUT2D eigenvalue weighted by Gasteiger charge is -2.27. The highest BCUT2D eigenvalue weighted by Gasteiger charge is 2.24. The Balaban J connectivity index is 1.26. The molecule has 1 aromatic heterocycles. The van der Waals surface area contributed by atoms with Gasteiger partial charge in [-0.25, -0.2) is 9.97 Å². The summed E-state index contributed by atoms with van der Waals surface area (Å²) in [7, 11) is 0. The van der Waals surface area contributed by atoms with E-state index in [1.54, 1.807) is 0 Å². The molecule has 1 aliphatic rings. The van der Waals surface area contributed by atoms with E-state index in [-0.39, 0.29) is 0 Å². The first kappa shape index (κ1) is 30.6. The fourth-order valence-corrected chi connectivity index (χ4v) is 5.83. The van der Waals surface area contributed by atoms with Crippen LogP contribution in [0.5, 0.6) is 5.75 Å². The van der Waals surface area contributed by atoms with Crippen molar-refractivity contribution in [2.75, 3.05) is 6.61 Å². The second-order valence-electron chi connectivity index (χ2n) is 11.9. The van der Waals surface area contributed by atoms with Gasteiger partial charge >= 0.3 is 0 Å². The molecule has 0 bridgehead atoms. The highest BCUT2D eigenvalue weighted by molar-refractivity contribution is 5.27. The quantitative estimate of drug-likeness (QED) is 0.163. The monoisotopic (exact) mass is 520 g/mol. The lowest BCUT2D eigenvalue weighted by molar-refractivity contribution is 0.198. The molecular formula is C35H56N2O. The Kier molecular flexibility index (Phi) is 15.5. The molecule has 1 saturated carbocycles. The summed E-state index contributed by atoms with van der Waals surface area (Å²) in [6.45, 7) is 5.40. The van der Waals surface area contributed by atoms with Crippen LogP contribution in [-0.4, -0.2) is 16.6 Å². The van der Waals surface area contributed by atoms with Crippen molar-refractivity contribution in [1.82, 2.24) is 9.97 Å². The zero-order valence-electron chi connectivity index (χ0n) is 24.8. The molecule has 1 heterocycles. The van der Waals surface area contributed by atoms with Crippen LogP contribution >= 0.6 is 0 Å². The van der Waals surface area contributed by atoms with Gasteiger partial charge in [-0.1, -0.05) is 103 Å². The lowest BCUT2D eigenvalue weighted by atomic mass is 9.82. The first-order valence-electron chi connectivity index (χ1n) is 16.3. The molecule has 0 radical (unpaired) electrons. The number of unbranched alkanes of at least 4 members (excludes halogenated alkanes) is 12. The summed E-state index contributed by atoms with van der Waals surface area (Å²) in [5, 5.41) is 0. The summed E-state index contributed by atoms with van der Waals surface area (Å²) < 4.78 is 6.17. The van der Waals surface area contributed by atoms with Crippen molar-refractivity contribution in [2.45, 2.75) is 148 Å². The van der Waals surface area contributed by atoms with Crippen LogP contribution in [0.4, 0.5) is 0 Å². The van der Waals surface area contributed by atoms with Gasteiger partial charge in [0, 0.05) is 18.3 Å². The van der Waals surface area contributed by atoms with E-state index in [0.29, 0.717) is 11.8 Å². The van der Waals surface area contributed by atoms with Gasteiger partial charge in [0.25, 0.3) is 0 Å². The Morgan fingerprint density at radius 2 is 1.11 bits per heavy atom. The molecule has 0 atom stereocenters. The highest BCUT2D eigenvalue weighted by Crippen LogP contribution is 2.34. The highest BCUT2D eigenvalue weighted by atomic mass is 16.5. The third-order valence-electron chi connectivity index (χ3n) is 8.48. The zero-order valence-corrected chi connectivity index (χ0v) is 24.8. The van der Waals surface area contributed by atoms with E-state index in [2.05, 4.69) is 50.5 Å². The number of aryl methyl sites for hydroxylation is 2. The van der Waals surface area contributed by atoms with Crippen molar-refractivity contribution in [3.8, 4) is 5.75 Å². The maximum absolute atomic E-state index is 6.17. The van der Waals surface area contributed by atoms with Crippen LogP contribution in [-0.2, 0) is 12.8 Å². The Morgan fingerprint density at radius 1 is 0.605 bits per heavy atom. The molecule has 212 valence electrons. The molecule has 0 N–H and O–H groups in total. The molecule has 1 aromatic carbocycles. The first-order valence-corrected chi connectivity index (χ1v) is 16.3. The third kappa shape index (κ3) is 12.3. The zero-order chi connectivity index (χ0) is 26.7. The summed E-state index contributed by atoms with van der Waals surface area (Å²) in [5.74, 6) is 3.25. The minimum atomic E-state index is 0.518. The minimum absolute atomic E-state index is 0.518. The average Bonchev–Trinajstić information content (AvgIpc) is 2.96. The van der Waals surface area contributed by atoms with E-state index in [4.69, 9.17) is 14.7 Å². The molecule has 1 aliphatic carbocycles. The van der Waals surface area contributed by atoms with Crippen LogP contribution in [0.25, 0.3) is 0 Å². The van der Waals surface area contributed by atoms with Crippen molar-refractivity contribution in [1.29, 1.82) is 0 Å². The predicted octanol–water partition coefficient (Wildman–Crippen LogP) is 10.4. The predicted molar refractivity (Wildman–Crippen MR) is 162 cm³/mol. The van der Waals surface area contributed by atoms with Gasteiger partial charge < -0.3 is 4.74 Å². The average molecular weight is 521 g/mol. The molecule has 0 unspecified atom stereocenters. The smallest absolute Gasteiger partial charge is 0.131 e. The topological polar surface area (TPSA) is 35.0 Å². The van der Waals surface area contributed by atoms with E-state index in [1.807, 2.05) is 0 Å². The van der Waals surface area contributed by atoms with E-state index >= 15 is 0 Å². The number of hydrogen-bond donors (Lipinski definition) is 0. The number of hydrogen-bond acceptors (Lipinski definition) is 3. The van der Waals surface area contributed by atoms with Gasteiger partial charge in [-0.15, -0.1) is 0 Å². The van der Waals surface area contributed by atoms with Gasteiger partial charge in [0.1, 0.15) is 11.6 Å². The minimum Gasteiger partial charge on any atom is -0.493 e. The third-order valence-corrected chi connectivity index (χ3v) is 8.48. The Morgan fingerprint density at radius 3 is 1.66 bits per heavy atom. The van der Waals surface area contributed by atoms with E-state index in [0.717, 1.165) is 24.6 Å². The fraction of sp³-hybridized carbons (Fsp3) is 0.714. The van der Waals surface area contributed by atoms with Gasteiger partial charge in [0.15, 0.2) is 0 Å². The van der Waals surface area contributed by atoms with E-state index in [1.165, 1.54) is 133 Å². The largest absolute Gasteiger partial charge is 0.493 e. The normalized spacial score (nSPS) is 17.5. The van der Waals surface area contributed by atoms with Crippen LogP contribution in [0.1, 0.15) is 152 Å². The number of aromatic nitrogens is 2. The summed E-state index contributed by atoms with van der Waals surface area (Å²) in [5.41, 5.74) is 2.75. The Labute approximate surface area is 234 Å². The molecule has 1 fully saturated rings. The van der Waals surface area contributed by atoms with Crippen LogP contribution < -0.4 is 4.74 Å². The van der Waals surface area contributed by atoms with Gasteiger partial charge in [0.2, 0.25) is 0 Å². The summed E-state index contributed by atoms with van der Waals surface area (Å²) in [4.78, 5) is 9.55. The lowest BCUT2D eigenvalue weighted by Crippen LogP contribution is -2.20. The van der Waals surface area contributed by atoms with Crippen LogP contribution in [0.2, 0.25) is 0 Å². The fourth-order valence-electron chi connectivity index (χ4n) is 5.83. The molecule has 3 nitrogen and oxygen atoms in total. The number of nitrogens with zero attached hydrogens (tertiary/aromatic N) is 2. The molecule has 0 aliphatic heterocycles. The van der Waals surface area contributed by atoms with Crippen molar-refractivity contribution in [3.63, 3.8) is 0 Å². The molecular weight excluding hydrogens is 464 g/mol. The second kappa shape index (κ2) is 19.2. The van der Waals surface area contributed by atoms with Crippen LogP contribution in [0.3, 0.4) is 0 Å². The maximum atomic E-state index is 6.17. The van der Waals surface area contributed by atoms with Gasteiger partial charge in [-0.3, -0.25) is 0 Å². The molecule has 38 heavy (non-hydrogen) atoms. The molecule has 3 rings (SSSR count). The Hall–Kier alpha value is -1.90. The molecule has 0 spiro atoms. The number of rotatable bonds is 20. The maximum Gasteiger partial charge on any atom is 0.131 e. The van der Waals surface area contributed by atoms with Crippen molar-refractivity contribution in [2.24, 2.45) is 5.92 Å². The van der Waals surface area contributed by atoms with Crippen molar-refractivity contribution in [3.05, 3.63) is 53.6 Å². The summed E-state index contributed by atoms with van der Waals surface area (Å²) in [6, 6.07) is 8.85. The van der Waals surface area contributed by atoms with E-state index < -0.39 is 0 Å². The van der Waals surface area contributed by atoms with Crippen molar-refractivity contribution >= 4 is 0 Å². The summed E-state index contributed by atoms with van der Waals surface area (Å²) >= 11 is 0. The second-order valence-corrected chi connectivity index (χ2v) is 11.9. The van der Waals surface area contributed by atoms with Crippen LogP contribution in [0.15, 0.2) is 36.7 Å². The molecule has 3 heteroatoms.